The Kier molecular flexibility index (Phi) is 3.04. The molecule has 78 valence electrons. The van der Waals surface area contributed by atoms with Crippen LogP contribution in [-0.4, -0.2) is 10.1 Å². The van der Waals surface area contributed by atoms with E-state index < -0.39 is 0 Å². The Labute approximate surface area is 99.5 Å². The van der Waals surface area contributed by atoms with Crippen molar-refractivity contribution in [1.82, 2.24) is 10.1 Å². The maximum absolute atomic E-state index is 6.03. The van der Waals surface area contributed by atoms with Gasteiger partial charge in [0.1, 0.15) is 0 Å². The zero-order valence-electron chi connectivity index (χ0n) is 7.58. The van der Waals surface area contributed by atoms with Gasteiger partial charge >= 0.3 is 0 Å². The van der Waals surface area contributed by atoms with Gasteiger partial charge in [0.25, 0.3) is 0 Å². The Morgan fingerprint density at radius 1 is 1.47 bits per heavy atom. The molecule has 0 unspecified atom stereocenters. The van der Waals surface area contributed by atoms with E-state index in [0.717, 1.165) is 10.0 Å². The number of nitrogens with zero attached hydrogens (tertiary/aromatic N) is 2. The van der Waals surface area contributed by atoms with Crippen molar-refractivity contribution in [2.24, 2.45) is 5.73 Å². The summed E-state index contributed by atoms with van der Waals surface area (Å²) in [5.41, 5.74) is 6.09. The van der Waals surface area contributed by atoms with Gasteiger partial charge in [-0.25, -0.2) is 0 Å². The number of halogens is 2. The SMILES string of the molecule is NCc1nc(-c2ccc(Br)cc2Cl)no1. The fourth-order valence-corrected chi connectivity index (χ4v) is 1.88. The largest absolute Gasteiger partial charge is 0.338 e. The Morgan fingerprint density at radius 2 is 2.27 bits per heavy atom. The molecule has 2 N–H and O–H groups in total. The van der Waals surface area contributed by atoms with Crippen molar-refractivity contribution >= 4 is 27.5 Å². The maximum atomic E-state index is 6.03. The van der Waals surface area contributed by atoms with E-state index in [1.54, 1.807) is 6.07 Å². The molecule has 2 aromatic rings. The number of aromatic nitrogens is 2. The number of hydrogen-bond acceptors (Lipinski definition) is 4. The van der Waals surface area contributed by atoms with Crippen LogP contribution < -0.4 is 5.73 Å². The number of rotatable bonds is 2. The topological polar surface area (TPSA) is 64.9 Å². The molecule has 0 atom stereocenters. The molecule has 6 heteroatoms. The van der Waals surface area contributed by atoms with Gasteiger partial charge in [0.2, 0.25) is 11.7 Å². The van der Waals surface area contributed by atoms with Gasteiger partial charge in [0.15, 0.2) is 0 Å². The highest BCUT2D eigenvalue weighted by Gasteiger charge is 2.10. The highest BCUT2D eigenvalue weighted by molar-refractivity contribution is 9.10. The summed E-state index contributed by atoms with van der Waals surface area (Å²) in [6.07, 6.45) is 0. The minimum absolute atomic E-state index is 0.223. The van der Waals surface area contributed by atoms with Gasteiger partial charge in [-0.2, -0.15) is 4.98 Å². The molecule has 0 saturated carbocycles. The van der Waals surface area contributed by atoms with Gasteiger partial charge in [-0.15, -0.1) is 0 Å². The fraction of sp³-hybridized carbons (Fsp3) is 0.111. The third-order valence-corrected chi connectivity index (χ3v) is 2.62. The molecule has 0 aliphatic heterocycles. The Morgan fingerprint density at radius 3 is 2.87 bits per heavy atom. The average molecular weight is 289 g/mol. The molecule has 2 rings (SSSR count). The first-order chi connectivity index (χ1) is 7.20. The molecule has 1 heterocycles. The first-order valence-electron chi connectivity index (χ1n) is 4.19. The van der Waals surface area contributed by atoms with Gasteiger partial charge in [-0.1, -0.05) is 32.7 Å². The number of benzene rings is 1. The molecule has 15 heavy (non-hydrogen) atoms. The van der Waals surface area contributed by atoms with Crippen molar-refractivity contribution in [3.05, 3.63) is 33.6 Å². The third kappa shape index (κ3) is 2.19. The molecule has 4 nitrogen and oxygen atoms in total. The minimum atomic E-state index is 0.223. The van der Waals surface area contributed by atoms with Crippen LogP contribution in [0.25, 0.3) is 11.4 Å². The van der Waals surface area contributed by atoms with Crippen LogP contribution in [0.4, 0.5) is 0 Å². The molecule has 0 bridgehead atoms. The molecule has 0 amide bonds. The summed E-state index contributed by atoms with van der Waals surface area (Å²) < 4.78 is 5.80. The summed E-state index contributed by atoms with van der Waals surface area (Å²) >= 11 is 9.35. The predicted molar refractivity (Wildman–Crippen MR) is 60.3 cm³/mol. The van der Waals surface area contributed by atoms with Crippen molar-refractivity contribution in [1.29, 1.82) is 0 Å². The van der Waals surface area contributed by atoms with E-state index in [2.05, 4.69) is 26.1 Å². The normalized spacial score (nSPS) is 10.6. The standard InChI is InChI=1S/C9H7BrClN3O/c10-5-1-2-6(7(11)3-5)9-13-8(4-12)15-14-9/h1-3H,4,12H2. The zero-order chi connectivity index (χ0) is 10.8. The average Bonchev–Trinajstić information content (AvgIpc) is 2.66. The lowest BCUT2D eigenvalue weighted by atomic mass is 10.2. The monoisotopic (exact) mass is 287 g/mol. The van der Waals surface area contributed by atoms with Crippen molar-refractivity contribution < 1.29 is 4.52 Å². The van der Waals surface area contributed by atoms with Crippen LogP contribution >= 0.6 is 27.5 Å². The highest BCUT2D eigenvalue weighted by atomic mass is 79.9. The van der Waals surface area contributed by atoms with Crippen molar-refractivity contribution in [3.63, 3.8) is 0 Å². The molecule has 0 aliphatic rings. The van der Waals surface area contributed by atoms with Crippen LogP contribution in [0, 0.1) is 0 Å². The van der Waals surface area contributed by atoms with Crippen LogP contribution in [0.1, 0.15) is 5.89 Å². The summed E-state index contributed by atoms with van der Waals surface area (Å²) in [6.45, 7) is 0.223. The smallest absolute Gasteiger partial charge is 0.240 e. The van der Waals surface area contributed by atoms with E-state index >= 15 is 0 Å². The highest BCUT2D eigenvalue weighted by Crippen LogP contribution is 2.28. The van der Waals surface area contributed by atoms with Crippen molar-refractivity contribution in [3.8, 4) is 11.4 Å². The van der Waals surface area contributed by atoms with E-state index in [9.17, 15) is 0 Å². The second-order valence-electron chi connectivity index (χ2n) is 2.84. The lowest BCUT2D eigenvalue weighted by Crippen LogP contribution is -1.95. The van der Waals surface area contributed by atoms with Gasteiger partial charge in [0.05, 0.1) is 11.6 Å². The van der Waals surface area contributed by atoms with Crippen LogP contribution in [0.5, 0.6) is 0 Å². The van der Waals surface area contributed by atoms with E-state index in [1.807, 2.05) is 12.1 Å². The first-order valence-corrected chi connectivity index (χ1v) is 5.36. The maximum Gasteiger partial charge on any atom is 0.240 e. The van der Waals surface area contributed by atoms with Gasteiger partial charge in [-0.3, -0.25) is 0 Å². The van der Waals surface area contributed by atoms with Crippen LogP contribution in [-0.2, 0) is 6.54 Å². The van der Waals surface area contributed by atoms with Gasteiger partial charge < -0.3 is 10.3 Å². The van der Waals surface area contributed by atoms with E-state index in [-0.39, 0.29) is 6.54 Å². The van der Waals surface area contributed by atoms with Crippen LogP contribution in [0.2, 0.25) is 5.02 Å². The molecule has 0 aliphatic carbocycles. The number of hydrogen-bond donors (Lipinski definition) is 1. The Hall–Kier alpha value is -0.910. The molecular weight excluding hydrogens is 281 g/mol. The summed E-state index contributed by atoms with van der Waals surface area (Å²) in [5.74, 6) is 0.844. The second kappa shape index (κ2) is 4.30. The minimum Gasteiger partial charge on any atom is -0.338 e. The van der Waals surface area contributed by atoms with Crippen molar-refractivity contribution in [2.75, 3.05) is 0 Å². The fourth-order valence-electron chi connectivity index (χ4n) is 1.12. The molecular formula is C9H7BrClN3O. The molecule has 1 aromatic heterocycles. The molecule has 0 fully saturated rings. The first kappa shape index (κ1) is 10.6. The van der Waals surface area contributed by atoms with Crippen LogP contribution in [0.3, 0.4) is 0 Å². The Bertz CT molecular complexity index is 486. The Balaban J connectivity index is 2.44. The predicted octanol–water partition coefficient (Wildman–Crippen LogP) is 2.61. The van der Waals surface area contributed by atoms with E-state index in [1.165, 1.54) is 0 Å². The van der Waals surface area contributed by atoms with Crippen LogP contribution in [0.15, 0.2) is 27.2 Å². The van der Waals surface area contributed by atoms with Gasteiger partial charge in [-0.05, 0) is 18.2 Å². The summed E-state index contributed by atoms with van der Waals surface area (Å²) in [4.78, 5) is 4.09. The van der Waals surface area contributed by atoms with Crippen molar-refractivity contribution in [2.45, 2.75) is 6.54 Å². The molecule has 0 radical (unpaired) electrons. The quantitative estimate of drug-likeness (QED) is 0.922. The molecule has 0 saturated heterocycles. The summed E-state index contributed by atoms with van der Waals surface area (Å²) in [7, 11) is 0. The number of nitrogens with two attached hydrogens (primary N) is 1. The molecule has 0 spiro atoms. The molecule has 1 aromatic carbocycles. The second-order valence-corrected chi connectivity index (χ2v) is 4.16. The summed E-state index contributed by atoms with van der Waals surface area (Å²) in [6, 6.07) is 5.45. The van der Waals surface area contributed by atoms with E-state index in [0.29, 0.717) is 16.7 Å². The summed E-state index contributed by atoms with van der Waals surface area (Å²) in [5, 5.41) is 4.35. The van der Waals surface area contributed by atoms with E-state index in [4.69, 9.17) is 21.9 Å². The third-order valence-electron chi connectivity index (χ3n) is 1.81. The van der Waals surface area contributed by atoms with Gasteiger partial charge in [0, 0.05) is 10.0 Å². The lowest BCUT2D eigenvalue weighted by molar-refractivity contribution is 0.380. The lowest BCUT2D eigenvalue weighted by Gasteiger charge is -1.98. The zero-order valence-corrected chi connectivity index (χ0v) is 9.92.